The second-order valence-electron chi connectivity index (χ2n) is 3.83. The first-order valence-electron chi connectivity index (χ1n) is 5.44. The van der Waals surface area contributed by atoms with Gasteiger partial charge >= 0.3 is 0 Å². The van der Waals surface area contributed by atoms with Crippen LogP contribution in [-0.2, 0) is 9.53 Å². The highest BCUT2D eigenvalue weighted by molar-refractivity contribution is 7.98. The summed E-state index contributed by atoms with van der Waals surface area (Å²) in [5.74, 6) is 0.803. The molecule has 1 aliphatic heterocycles. The van der Waals surface area contributed by atoms with E-state index in [0.717, 1.165) is 5.75 Å². The van der Waals surface area contributed by atoms with Gasteiger partial charge in [-0.15, -0.1) is 0 Å². The molecule has 1 aliphatic rings. The molecule has 1 fully saturated rings. The van der Waals surface area contributed by atoms with Crippen LogP contribution in [0.4, 0.5) is 0 Å². The molecule has 2 atom stereocenters. The molecule has 6 heteroatoms. The molecule has 0 aromatic carbocycles. The van der Waals surface area contributed by atoms with Crippen LogP contribution in [0.25, 0.3) is 0 Å². The topological polar surface area (TPSA) is 75.8 Å². The third-order valence-corrected chi connectivity index (χ3v) is 3.32. The minimum Gasteiger partial charge on any atom is -0.394 e. The molecule has 0 aliphatic carbocycles. The number of aliphatic hydroxyl groups is 1. The van der Waals surface area contributed by atoms with Crippen molar-refractivity contribution in [3.63, 3.8) is 0 Å². The summed E-state index contributed by atoms with van der Waals surface area (Å²) in [6.07, 6.45) is 2.66. The van der Waals surface area contributed by atoms with Crippen molar-refractivity contribution in [2.75, 3.05) is 38.4 Å². The van der Waals surface area contributed by atoms with Crippen LogP contribution < -0.4 is 5.73 Å². The SMILES string of the molecule is CSCC[C@@H](N)C(=O)N1CCOCC1CO. The largest absolute Gasteiger partial charge is 0.394 e. The molecule has 0 bridgehead atoms. The van der Waals surface area contributed by atoms with Gasteiger partial charge < -0.3 is 20.5 Å². The highest BCUT2D eigenvalue weighted by atomic mass is 32.2. The molecule has 0 aromatic heterocycles. The summed E-state index contributed by atoms with van der Waals surface area (Å²) in [5, 5.41) is 9.15. The maximum Gasteiger partial charge on any atom is 0.240 e. The van der Waals surface area contributed by atoms with Gasteiger partial charge in [-0.3, -0.25) is 4.79 Å². The minimum atomic E-state index is -0.459. The average molecular weight is 248 g/mol. The molecule has 0 spiro atoms. The van der Waals surface area contributed by atoms with E-state index in [1.54, 1.807) is 16.7 Å². The number of carbonyl (C=O) groups is 1. The smallest absolute Gasteiger partial charge is 0.240 e. The maximum absolute atomic E-state index is 12.0. The second-order valence-corrected chi connectivity index (χ2v) is 4.82. The summed E-state index contributed by atoms with van der Waals surface area (Å²) < 4.78 is 5.22. The van der Waals surface area contributed by atoms with E-state index >= 15 is 0 Å². The van der Waals surface area contributed by atoms with Crippen molar-refractivity contribution in [3.8, 4) is 0 Å². The summed E-state index contributed by atoms with van der Waals surface area (Å²) in [6.45, 7) is 1.38. The lowest BCUT2D eigenvalue weighted by atomic mass is 10.1. The molecule has 1 rings (SSSR count). The molecular formula is C10H20N2O3S. The maximum atomic E-state index is 12.0. The van der Waals surface area contributed by atoms with Crippen LogP contribution >= 0.6 is 11.8 Å². The number of thioether (sulfide) groups is 1. The molecule has 1 unspecified atom stereocenters. The summed E-state index contributed by atoms with van der Waals surface area (Å²) in [7, 11) is 0. The van der Waals surface area contributed by atoms with Gasteiger partial charge in [0.1, 0.15) is 0 Å². The van der Waals surface area contributed by atoms with Gasteiger partial charge in [0.05, 0.1) is 31.9 Å². The first-order chi connectivity index (χ1) is 7.70. The number of nitrogens with two attached hydrogens (primary N) is 1. The zero-order valence-corrected chi connectivity index (χ0v) is 10.4. The van der Waals surface area contributed by atoms with E-state index in [-0.39, 0.29) is 18.6 Å². The highest BCUT2D eigenvalue weighted by Crippen LogP contribution is 2.10. The van der Waals surface area contributed by atoms with Crippen molar-refractivity contribution in [2.24, 2.45) is 5.73 Å². The predicted octanol–water partition coefficient (Wildman–Crippen LogP) is -0.713. The fourth-order valence-corrected chi connectivity index (χ4v) is 2.17. The Balaban J connectivity index is 2.49. The molecule has 1 amide bonds. The van der Waals surface area contributed by atoms with Crippen LogP contribution in [0.15, 0.2) is 0 Å². The summed E-state index contributed by atoms with van der Waals surface area (Å²) in [4.78, 5) is 13.6. The molecular weight excluding hydrogens is 228 g/mol. The molecule has 16 heavy (non-hydrogen) atoms. The van der Waals surface area contributed by atoms with E-state index in [1.165, 1.54) is 0 Å². The van der Waals surface area contributed by atoms with Crippen LogP contribution in [0, 0.1) is 0 Å². The molecule has 1 heterocycles. The Kier molecular flexibility index (Phi) is 6.12. The Morgan fingerprint density at radius 2 is 2.50 bits per heavy atom. The van der Waals surface area contributed by atoms with Gasteiger partial charge in [-0.05, 0) is 18.4 Å². The normalized spacial score (nSPS) is 23.2. The molecule has 94 valence electrons. The summed E-state index contributed by atoms with van der Waals surface area (Å²) in [5.41, 5.74) is 5.82. The predicted molar refractivity (Wildman–Crippen MR) is 64.4 cm³/mol. The monoisotopic (exact) mass is 248 g/mol. The second kappa shape index (κ2) is 7.11. The standard InChI is InChI=1S/C10H20N2O3S/c1-16-5-2-9(11)10(14)12-3-4-15-7-8(12)6-13/h8-9,13H,2-7,11H2,1H3/t8?,9-/m1/s1. The number of hydrogen-bond donors (Lipinski definition) is 2. The number of nitrogens with zero attached hydrogens (tertiary/aromatic N) is 1. The first-order valence-corrected chi connectivity index (χ1v) is 6.83. The van der Waals surface area contributed by atoms with E-state index in [4.69, 9.17) is 15.6 Å². The Morgan fingerprint density at radius 1 is 1.75 bits per heavy atom. The summed E-state index contributed by atoms with van der Waals surface area (Å²) >= 11 is 1.68. The van der Waals surface area contributed by atoms with E-state index in [9.17, 15) is 4.79 Å². The third-order valence-electron chi connectivity index (χ3n) is 2.67. The van der Waals surface area contributed by atoms with E-state index < -0.39 is 6.04 Å². The van der Waals surface area contributed by atoms with Crippen molar-refractivity contribution in [3.05, 3.63) is 0 Å². The van der Waals surface area contributed by atoms with E-state index in [1.807, 2.05) is 6.26 Å². The highest BCUT2D eigenvalue weighted by Gasteiger charge is 2.29. The van der Waals surface area contributed by atoms with Crippen LogP contribution in [0.5, 0.6) is 0 Å². The van der Waals surface area contributed by atoms with Gasteiger partial charge in [0.25, 0.3) is 0 Å². The number of aliphatic hydroxyl groups excluding tert-OH is 1. The molecule has 1 saturated heterocycles. The van der Waals surface area contributed by atoms with Crippen molar-refractivity contribution in [2.45, 2.75) is 18.5 Å². The number of amides is 1. The van der Waals surface area contributed by atoms with Gasteiger partial charge in [0, 0.05) is 6.54 Å². The van der Waals surface area contributed by atoms with Crippen molar-refractivity contribution >= 4 is 17.7 Å². The minimum absolute atomic E-state index is 0.0685. The van der Waals surface area contributed by atoms with Gasteiger partial charge in [0.2, 0.25) is 5.91 Å². The van der Waals surface area contributed by atoms with Crippen molar-refractivity contribution in [1.29, 1.82) is 0 Å². The fourth-order valence-electron chi connectivity index (χ4n) is 1.68. The van der Waals surface area contributed by atoms with E-state index in [0.29, 0.717) is 26.2 Å². The quantitative estimate of drug-likeness (QED) is 0.672. The zero-order chi connectivity index (χ0) is 12.0. The van der Waals surface area contributed by atoms with Crippen molar-refractivity contribution in [1.82, 2.24) is 4.90 Å². The Labute approximate surface area is 100 Å². The van der Waals surface area contributed by atoms with Gasteiger partial charge in [-0.2, -0.15) is 11.8 Å². The molecule has 3 N–H and O–H groups in total. The fraction of sp³-hybridized carbons (Fsp3) is 0.900. The Bertz CT molecular complexity index is 228. The van der Waals surface area contributed by atoms with Crippen LogP contribution in [0.3, 0.4) is 0 Å². The van der Waals surface area contributed by atoms with Gasteiger partial charge in [-0.1, -0.05) is 0 Å². The van der Waals surface area contributed by atoms with Crippen molar-refractivity contribution < 1.29 is 14.6 Å². The lowest BCUT2D eigenvalue weighted by Gasteiger charge is -2.36. The lowest BCUT2D eigenvalue weighted by Crippen LogP contribution is -2.55. The number of rotatable bonds is 5. The number of carbonyl (C=O) groups excluding carboxylic acids is 1. The number of morpholine rings is 1. The molecule has 0 saturated carbocycles. The average Bonchev–Trinajstić information content (AvgIpc) is 2.34. The van der Waals surface area contributed by atoms with Gasteiger partial charge in [0.15, 0.2) is 0 Å². The molecule has 5 nitrogen and oxygen atoms in total. The Morgan fingerprint density at radius 3 is 3.12 bits per heavy atom. The third kappa shape index (κ3) is 3.62. The van der Waals surface area contributed by atoms with Crippen LogP contribution in [0.2, 0.25) is 0 Å². The zero-order valence-electron chi connectivity index (χ0n) is 9.59. The van der Waals surface area contributed by atoms with Gasteiger partial charge in [-0.25, -0.2) is 0 Å². The first kappa shape index (κ1) is 13.8. The van der Waals surface area contributed by atoms with Crippen LogP contribution in [0.1, 0.15) is 6.42 Å². The van der Waals surface area contributed by atoms with E-state index in [2.05, 4.69) is 0 Å². The number of ether oxygens (including phenoxy) is 1. The number of hydrogen-bond acceptors (Lipinski definition) is 5. The lowest BCUT2D eigenvalue weighted by molar-refractivity contribution is -0.143. The molecule has 0 aromatic rings. The molecule has 0 radical (unpaired) electrons. The van der Waals surface area contributed by atoms with Crippen LogP contribution in [-0.4, -0.2) is 66.4 Å². The Hall–Kier alpha value is -0.300. The summed E-state index contributed by atoms with van der Waals surface area (Å²) in [6, 6.07) is -0.693.